The molecule has 1 aromatic rings. The van der Waals surface area contributed by atoms with Gasteiger partial charge in [0.15, 0.2) is 5.78 Å². The third kappa shape index (κ3) is 2.95. The van der Waals surface area contributed by atoms with Crippen LogP contribution >= 0.6 is 11.6 Å². The van der Waals surface area contributed by atoms with Crippen molar-refractivity contribution in [3.8, 4) is 0 Å². The highest BCUT2D eigenvalue weighted by Gasteiger charge is 2.28. The third-order valence-electron chi connectivity index (χ3n) is 4.19. The summed E-state index contributed by atoms with van der Waals surface area (Å²) in [5.74, 6) is 0.639. The molecule has 2 heteroatoms. The molecule has 18 heavy (non-hydrogen) atoms. The van der Waals surface area contributed by atoms with Gasteiger partial charge in [0.1, 0.15) is 0 Å². The van der Waals surface area contributed by atoms with Crippen LogP contribution in [0.15, 0.2) is 18.2 Å². The number of benzene rings is 1. The summed E-state index contributed by atoms with van der Waals surface area (Å²) in [5.41, 5.74) is 2.40. The Labute approximate surface area is 115 Å². The summed E-state index contributed by atoms with van der Waals surface area (Å²) in [6, 6.07) is 5.77. The molecule has 1 nitrogen and oxygen atoms in total. The van der Waals surface area contributed by atoms with Crippen LogP contribution in [-0.4, -0.2) is 5.78 Å². The smallest absolute Gasteiger partial charge is 0.159 e. The molecule has 0 aromatic heterocycles. The molecule has 0 N–H and O–H groups in total. The van der Waals surface area contributed by atoms with Crippen LogP contribution in [0.2, 0.25) is 5.02 Å². The Morgan fingerprint density at radius 3 is 2.39 bits per heavy atom. The van der Waals surface area contributed by atoms with E-state index in [1.165, 1.54) is 31.2 Å². The lowest BCUT2D eigenvalue weighted by Gasteiger charge is -2.34. The zero-order chi connectivity index (χ0) is 13.3. The molecule has 0 spiro atoms. The molecule has 1 aromatic carbocycles. The molecule has 98 valence electrons. The van der Waals surface area contributed by atoms with Gasteiger partial charge in [-0.2, -0.15) is 0 Å². The van der Waals surface area contributed by atoms with E-state index in [1.54, 1.807) is 6.92 Å². The van der Waals surface area contributed by atoms with Gasteiger partial charge in [-0.1, -0.05) is 37.6 Å². The van der Waals surface area contributed by atoms with Crippen molar-refractivity contribution in [2.24, 2.45) is 5.41 Å². The van der Waals surface area contributed by atoms with E-state index >= 15 is 0 Å². The monoisotopic (exact) mass is 264 g/mol. The molecule has 1 saturated carbocycles. The number of Topliss-reactive ketones (excluding diaryl/α,β-unsaturated/α-hetero) is 1. The first-order valence-electron chi connectivity index (χ1n) is 6.69. The molecule has 0 bridgehead atoms. The fourth-order valence-electron chi connectivity index (χ4n) is 2.79. The number of halogens is 1. The van der Waals surface area contributed by atoms with Gasteiger partial charge in [-0.25, -0.2) is 0 Å². The highest BCUT2D eigenvalue weighted by molar-refractivity contribution is 6.31. The Morgan fingerprint density at radius 2 is 1.89 bits per heavy atom. The van der Waals surface area contributed by atoms with Crippen LogP contribution in [0.4, 0.5) is 0 Å². The molecule has 2 rings (SSSR count). The number of ketones is 1. The maximum absolute atomic E-state index is 11.3. The van der Waals surface area contributed by atoms with E-state index in [-0.39, 0.29) is 5.78 Å². The largest absolute Gasteiger partial charge is 0.295 e. The second-order valence-electron chi connectivity index (χ2n) is 6.23. The Balaban J connectivity index is 2.17. The topological polar surface area (TPSA) is 17.1 Å². The zero-order valence-corrected chi connectivity index (χ0v) is 12.2. The number of hydrogen-bond donors (Lipinski definition) is 0. The standard InChI is InChI=1S/C16H21ClO/c1-11(18)13-4-5-14(15(17)10-13)12-6-8-16(2,3)9-7-12/h4-5,10,12H,6-9H2,1-3H3. The van der Waals surface area contributed by atoms with Gasteiger partial charge >= 0.3 is 0 Å². The van der Waals surface area contributed by atoms with Crippen LogP contribution in [-0.2, 0) is 0 Å². The molecular weight excluding hydrogens is 244 g/mol. The summed E-state index contributed by atoms with van der Waals surface area (Å²) < 4.78 is 0. The normalized spacial score (nSPS) is 19.8. The average molecular weight is 265 g/mol. The fourth-order valence-corrected chi connectivity index (χ4v) is 3.12. The molecule has 0 atom stereocenters. The molecule has 0 heterocycles. The van der Waals surface area contributed by atoms with Gasteiger partial charge in [0.25, 0.3) is 0 Å². The maximum atomic E-state index is 11.3. The van der Waals surface area contributed by atoms with Gasteiger partial charge in [0.2, 0.25) is 0 Å². The van der Waals surface area contributed by atoms with Crippen molar-refractivity contribution in [2.75, 3.05) is 0 Å². The van der Waals surface area contributed by atoms with Crippen molar-refractivity contribution in [1.29, 1.82) is 0 Å². The van der Waals surface area contributed by atoms with Crippen molar-refractivity contribution < 1.29 is 4.79 Å². The number of rotatable bonds is 2. The Hall–Kier alpha value is -0.820. The quantitative estimate of drug-likeness (QED) is 0.669. The van der Waals surface area contributed by atoms with E-state index in [9.17, 15) is 4.79 Å². The highest BCUT2D eigenvalue weighted by Crippen LogP contribution is 2.44. The SMILES string of the molecule is CC(=O)c1ccc(C2CCC(C)(C)CC2)c(Cl)c1. The van der Waals surface area contributed by atoms with Gasteiger partial charge in [0, 0.05) is 10.6 Å². The van der Waals surface area contributed by atoms with Gasteiger partial charge < -0.3 is 0 Å². The molecule has 0 radical (unpaired) electrons. The van der Waals surface area contributed by atoms with E-state index in [0.29, 0.717) is 16.9 Å². The van der Waals surface area contributed by atoms with E-state index in [4.69, 9.17) is 11.6 Å². The summed E-state index contributed by atoms with van der Waals surface area (Å²) in [6.07, 6.45) is 4.91. The van der Waals surface area contributed by atoms with Crippen LogP contribution in [0, 0.1) is 5.41 Å². The van der Waals surface area contributed by atoms with Crippen molar-refractivity contribution in [3.63, 3.8) is 0 Å². The van der Waals surface area contributed by atoms with Gasteiger partial charge in [0.05, 0.1) is 0 Å². The minimum atomic E-state index is 0.0771. The summed E-state index contributed by atoms with van der Waals surface area (Å²) in [5, 5.41) is 0.757. The fraction of sp³-hybridized carbons (Fsp3) is 0.562. The first-order chi connectivity index (χ1) is 8.39. The first-order valence-corrected chi connectivity index (χ1v) is 7.07. The summed E-state index contributed by atoms with van der Waals surface area (Å²) in [7, 11) is 0. The van der Waals surface area contributed by atoms with Gasteiger partial charge in [-0.3, -0.25) is 4.79 Å². The molecule has 0 aliphatic heterocycles. The maximum Gasteiger partial charge on any atom is 0.159 e. The average Bonchev–Trinajstić information content (AvgIpc) is 2.29. The van der Waals surface area contributed by atoms with Crippen molar-refractivity contribution >= 4 is 17.4 Å². The molecule has 0 saturated heterocycles. The Kier molecular flexibility index (Phi) is 3.82. The van der Waals surface area contributed by atoms with Gasteiger partial charge in [-0.05, 0) is 55.6 Å². The lowest BCUT2D eigenvalue weighted by Crippen LogP contribution is -2.20. The van der Waals surface area contributed by atoms with E-state index < -0.39 is 0 Å². The van der Waals surface area contributed by atoms with E-state index in [2.05, 4.69) is 13.8 Å². The van der Waals surface area contributed by atoms with Crippen LogP contribution in [0.5, 0.6) is 0 Å². The minimum absolute atomic E-state index is 0.0771. The van der Waals surface area contributed by atoms with Crippen molar-refractivity contribution in [2.45, 2.75) is 52.4 Å². The number of carbonyl (C=O) groups excluding carboxylic acids is 1. The zero-order valence-electron chi connectivity index (χ0n) is 11.4. The predicted molar refractivity (Wildman–Crippen MR) is 76.4 cm³/mol. The lowest BCUT2D eigenvalue weighted by molar-refractivity contribution is 0.101. The molecule has 1 aliphatic rings. The van der Waals surface area contributed by atoms with E-state index in [1.807, 2.05) is 18.2 Å². The molecule has 1 fully saturated rings. The second kappa shape index (κ2) is 5.05. The summed E-state index contributed by atoms with van der Waals surface area (Å²) >= 11 is 6.33. The Morgan fingerprint density at radius 1 is 1.28 bits per heavy atom. The third-order valence-corrected chi connectivity index (χ3v) is 4.51. The Bertz CT molecular complexity index is 452. The number of carbonyl (C=O) groups is 1. The molecule has 0 amide bonds. The van der Waals surface area contributed by atoms with Crippen molar-refractivity contribution in [3.05, 3.63) is 34.3 Å². The molecular formula is C16H21ClO. The molecule has 0 unspecified atom stereocenters. The summed E-state index contributed by atoms with van der Waals surface area (Å²) in [6.45, 7) is 6.25. The first kappa shape index (κ1) is 13.6. The van der Waals surface area contributed by atoms with Crippen LogP contribution in [0.3, 0.4) is 0 Å². The highest BCUT2D eigenvalue weighted by atomic mass is 35.5. The number of hydrogen-bond acceptors (Lipinski definition) is 1. The van der Waals surface area contributed by atoms with Crippen LogP contribution < -0.4 is 0 Å². The lowest BCUT2D eigenvalue weighted by atomic mass is 9.71. The predicted octanol–water partition coefficient (Wildman–Crippen LogP) is 5.23. The van der Waals surface area contributed by atoms with E-state index in [0.717, 1.165) is 5.02 Å². The van der Waals surface area contributed by atoms with Crippen molar-refractivity contribution in [1.82, 2.24) is 0 Å². The second-order valence-corrected chi connectivity index (χ2v) is 6.64. The minimum Gasteiger partial charge on any atom is -0.295 e. The van der Waals surface area contributed by atoms with Gasteiger partial charge in [-0.15, -0.1) is 0 Å². The molecule has 1 aliphatic carbocycles. The van der Waals surface area contributed by atoms with Crippen LogP contribution in [0.25, 0.3) is 0 Å². The van der Waals surface area contributed by atoms with Crippen LogP contribution in [0.1, 0.15) is 68.3 Å². The summed E-state index contributed by atoms with van der Waals surface area (Å²) in [4.78, 5) is 11.3.